The molecule has 1 saturated heterocycles. The molecule has 0 aromatic heterocycles. The predicted octanol–water partition coefficient (Wildman–Crippen LogP) is -0.438. The van der Waals surface area contributed by atoms with Gasteiger partial charge in [-0.3, -0.25) is 19.7 Å². The van der Waals surface area contributed by atoms with Crippen LogP contribution in [0, 0.1) is 10.1 Å². The molecule has 0 atom stereocenters. The van der Waals surface area contributed by atoms with E-state index in [0.29, 0.717) is 13.1 Å². The molecule has 0 aliphatic carbocycles. The molecule has 1 fully saturated rings. The summed E-state index contributed by atoms with van der Waals surface area (Å²) in [6.07, 6.45) is 0. The molecule has 23 heavy (non-hydrogen) atoms. The van der Waals surface area contributed by atoms with Crippen LogP contribution in [-0.4, -0.2) is 61.4 Å². The molecule has 0 unspecified atom stereocenters. The summed E-state index contributed by atoms with van der Waals surface area (Å²) in [5, 5.41) is 14.4. The number of hydrogen-bond acceptors (Lipinski definition) is 6. The zero-order valence-corrected chi connectivity index (χ0v) is 12.8. The van der Waals surface area contributed by atoms with Gasteiger partial charge in [-0.05, 0) is 12.1 Å². The van der Waals surface area contributed by atoms with Crippen molar-refractivity contribution in [1.82, 2.24) is 10.2 Å². The Labute approximate surface area is 133 Å². The Hall–Kier alpha value is -2.68. The average molecular weight is 321 g/mol. The molecule has 1 aliphatic rings. The van der Waals surface area contributed by atoms with Crippen molar-refractivity contribution >= 4 is 23.2 Å². The van der Waals surface area contributed by atoms with Crippen LogP contribution >= 0.6 is 0 Å². The molecule has 124 valence electrons. The number of hydrogen-bond donors (Lipinski definition) is 2. The minimum atomic E-state index is -0.737. The smallest absolute Gasteiger partial charge is 0.293 e. The van der Waals surface area contributed by atoms with Crippen molar-refractivity contribution in [2.45, 2.75) is 0 Å². The van der Waals surface area contributed by atoms with Gasteiger partial charge in [-0.25, -0.2) is 0 Å². The topological polar surface area (TPSA) is 122 Å². The highest BCUT2D eigenvalue weighted by atomic mass is 16.6. The number of nitrogens with two attached hydrogens (primary N) is 1. The monoisotopic (exact) mass is 321 g/mol. The van der Waals surface area contributed by atoms with Gasteiger partial charge in [0.1, 0.15) is 5.69 Å². The number of piperazine rings is 1. The van der Waals surface area contributed by atoms with Gasteiger partial charge < -0.3 is 20.9 Å². The van der Waals surface area contributed by atoms with Crippen LogP contribution in [0.5, 0.6) is 0 Å². The lowest BCUT2D eigenvalue weighted by atomic mass is 10.1. The summed E-state index contributed by atoms with van der Waals surface area (Å²) in [4.78, 5) is 37.3. The molecule has 1 aromatic rings. The number of benzene rings is 1. The maximum Gasteiger partial charge on any atom is 0.293 e. The van der Waals surface area contributed by atoms with Crippen LogP contribution in [0.15, 0.2) is 18.2 Å². The van der Waals surface area contributed by atoms with Crippen molar-refractivity contribution in [3.05, 3.63) is 33.9 Å². The highest BCUT2D eigenvalue weighted by Gasteiger charge is 2.23. The van der Waals surface area contributed by atoms with Gasteiger partial charge in [0.05, 0.1) is 11.5 Å². The van der Waals surface area contributed by atoms with E-state index in [9.17, 15) is 19.7 Å². The average Bonchev–Trinajstić information content (AvgIpc) is 2.54. The lowest BCUT2D eigenvalue weighted by Crippen LogP contribution is -2.49. The van der Waals surface area contributed by atoms with E-state index < -0.39 is 10.8 Å². The number of primary amides is 1. The largest absolute Gasteiger partial charge is 0.366 e. The molecule has 9 nitrogen and oxygen atoms in total. The van der Waals surface area contributed by atoms with Crippen molar-refractivity contribution in [2.75, 3.05) is 44.7 Å². The Bertz CT molecular complexity index is 628. The van der Waals surface area contributed by atoms with E-state index in [1.54, 1.807) is 11.9 Å². The van der Waals surface area contributed by atoms with Crippen LogP contribution in [0.1, 0.15) is 10.4 Å². The van der Waals surface area contributed by atoms with Crippen LogP contribution in [0.4, 0.5) is 11.4 Å². The molecular formula is C14H19N5O4. The summed E-state index contributed by atoms with van der Waals surface area (Å²) in [5.74, 6) is -0.832. The number of anilines is 1. The van der Waals surface area contributed by atoms with Gasteiger partial charge in [-0.1, -0.05) is 0 Å². The van der Waals surface area contributed by atoms with Gasteiger partial charge in [0.15, 0.2) is 0 Å². The Morgan fingerprint density at radius 2 is 2.04 bits per heavy atom. The molecule has 0 saturated carbocycles. The zero-order valence-electron chi connectivity index (χ0n) is 12.8. The summed E-state index contributed by atoms with van der Waals surface area (Å²) >= 11 is 0. The lowest BCUT2D eigenvalue weighted by Gasteiger charge is -2.29. The minimum Gasteiger partial charge on any atom is -0.366 e. The maximum atomic E-state index is 12.3. The van der Waals surface area contributed by atoms with E-state index in [-0.39, 0.29) is 29.4 Å². The van der Waals surface area contributed by atoms with Gasteiger partial charge in [-0.2, -0.15) is 0 Å². The predicted molar refractivity (Wildman–Crippen MR) is 84.3 cm³/mol. The van der Waals surface area contributed by atoms with Crippen molar-refractivity contribution in [3.63, 3.8) is 0 Å². The molecule has 2 amide bonds. The van der Waals surface area contributed by atoms with Crippen LogP contribution in [0.3, 0.4) is 0 Å². The van der Waals surface area contributed by atoms with E-state index in [1.165, 1.54) is 17.0 Å². The van der Waals surface area contributed by atoms with Gasteiger partial charge >= 0.3 is 0 Å². The van der Waals surface area contributed by atoms with Crippen LogP contribution in [-0.2, 0) is 4.79 Å². The summed E-state index contributed by atoms with van der Waals surface area (Å²) < 4.78 is 0. The standard InChI is InChI=1S/C14H19N5O4/c1-17(9-13(20)18-6-4-16-5-7-18)11-3-2-10(14(15)21)8-12(11)19(22)23/h2-3,8,16H,4-7,9H2,1H3,(H2,15,21). The quantitative estimate of drug-likeness (QED) is 0.560. The number of likely N-dealkylation sites (N-methyl/N-ethyl adjacent to an activating group) is 1. The van der Waals surface area contributed by atoms with Crippen molar-refractivity contribution in [2.24, 2.45) is 5.73 Å². The van der Waals surface area contributed by atoms with Crippen molar-refractivity contribution in [1.29, 1.82) is 0 Å². The van der Waals surface area contributed by atoms with Crippen molar-refractivity contribution < 1.29 is 14.5 Å². The number of amides is 2. The van der Waals surface area contributed by atoms with Gasteiger partial charge in [-0.15, -0.1) is 0 Å². The van der Waals surface area contributed by atoms with Gasteiger partial charge in [0, 0.05) is 44.9 Å². The first kappa shape index (κ1) is 16.7. The number of nitro groups is 1. The summed E-state index contributed by atoms with van der Waals surface area (Å²) in [6.45, 7) is 2.74. The summed E-state index contributed by atoms with van der Waals surface area (Å²) in [5.41, 5.74) is 5.22. The highest BCUT2D eigenvalue weighted by Crippen LogP contribution is 2.28. The summed E-state index contributed by atoms with van der Waals surface area (Å²) in [7, 11) is 1.60. The van der Waals surface area contributed by atoms with Crippen LogP contribution in [0.2, 0.25) is 0 Å². The first-order valence-corrected chi connectivity index (χ1v) is 7.18. The molecular weight excluding hydrogens is 302 g/mol. The van der Waals surface area contributed by atoms with E-state index in [4.69, 9.17) is 5.73 Å². The number of nitrogens with one attached hydrogen (secondary N) is 1. The highest BCUT2D eigenvalue weighted by molar-refractivity contribution is 5.94. The normalized spacial score (nSPS) is 14.4. The third-order valence-corrected chi connectivity index (χ3v) is 3.71. The fourth-order valence-corrected chi connectivity index (χ4v) is 2.45. The second-order valence-corrected chi connectivity index (χ2v) is 5.31. The minimum absolute atomic E-state index is 0.0246. The number of rotatable bonds is 5. The van der Waals surface area contributed by atoms with E-state index in [2.05, 4.69) is 5.32 Å². The number of carbonyl (C=O) groups excluding carboxylic acids is 2. The molecule has 2 rings (SSSR count). The zero-order chi connectivity index (χ0) is 17.0. The fraction of sp³-hybridized carbons (Fsp3) is 0.429. The van der Waals surface area contributed by atoms with Gasteiger partial charge in [0.25, 0.3) is 5.69 Å². The molecule has 0 radical (unpaired) electrons. The Balaban J connectivity index is 2.17. The number of nitro benzene ring substituents is 1. The Morgan fingerprint density at radius 1 is 1.39 bits per heavy atom. The third-order valence-electron chi connectivity index (χ3n) is 3.71. The lowest BCUT2D eigenvalue weighted by molar-refractivity contribution is -0.384. The molecule has 1 heterocycles. The third kappa shape index (κ3) is 3.95. The molecule has 0 spiro atoms. The van der Waals surface area contributed by atoms with E-state index in [1.807, 2.05) is 0 Å². The Morgan fingerprint density at radius 3 is 2.61 bits per heavy atom. The van der Waals surface area contributed by atoms with E-state index >= 15 is 0 Å². The molecule has 3 N–H and O–H groups in total. The number of nitrogens with zero attached hydrogens (tertiary/aromatic N) is 3. The fourth-order valence-electron chi connectivity index (χ4n) is 2.45. The van der Waals surface area contributed by atoms with E-state index in [0.717, 1.165) is 19.2 Å². The molecule has 0 bridgehead atoms. The first-order chi connectivity index (χ1) is 10.9. The van der Waals surface area contributed by atoms with Crippen LogP contribution in [0.25, 0.3) is 0 Å². The second kappa shape index (κ2) is 7.05. The molecule has 1 aliphatic heterocycles. The van der Waals surface area contributed by atoms with Gasteiger partial charge in [0.2, 0.25) is 11.8 Å². The summed E-state index contributed by atoms with van der Waals surface area (Å²) in [6, 6.07) is 3.98. The number of carbonyl (C=O) groups is 2. The SMILES string of the molecule is CN(CC(=O)N1CCNCC1)c1ccc(C(N)=O)cc1[N+](=O)[O-]. The molecule has 9 heteroatoms. The Kier molecular flexibility index (Phi) is 5.12. The maximum absolute atomic E-state index is 12.3. The van der Waals surface area contributed by atoms with Crippen LogP contribution < -0.4 is 16.0 Å². The first-order valence-electron chi connectivity index (χ1n) is 7.18. The molecule has 1 aromatic carbocycles. The second-order valence-electron chi connectivity index (χ2n) is 5.31. The van der Waals surface area contributed by atoms with Crippen molar-refractivity contribution in [3.8, 4) is 0 Å².